The van der Waals surface area contributed by atoms with E-state index in [0.29, 0.717) is 23.0 Å². The van der Waals surface area contributed by atoms with Gasteiger partial charge in [-0.2, -0.15) is 0 Å². The van der Waals surface area contributed by atoms with Gasteiger partial charge in [0.25, 0.3) is 5.91 Å². The summed E-state index contributed by atoms with van der Waals surface area (Å²) >= 11 is 6.03. The van der Waals surface area contributed by atoms with Crippen LogP contribution in [-0.2, 0) is 0 Å². The number of nitrogens with zero attached hydrogens (tertiary/aromatic N) is 1. The standard InChI is InChI=1S/C13H17ClN2O.ClH/c1-9-8-16(7-6-12(9)15)13(17)10-4-2-3-5-11(10)14;/h2-5,9,12H,6-8,15H2,1H3;1H. The van der Waals surface area contributed by atoms with Gasteiger partial charge in [-0.3, -0.25) is 4.79 Å². The largest absolute Gasteiger partial charge is 0.338 e. The molecule has 1 amide bonds. The summed E-state index contributed by atoms with van der Waals surface area (Å²) in [5.74, 6) is 0.351. The van der Waals surface area contributed by atoms with Crippen molar-refractivity contribution in [1.29, 1.82) is 0 Å². The molecule has 1 saturated heterocycles. The number of halogens is 2. The Balaban J connectivity index is 0.00000162. The summed E-state index contributed by atoms with van der Waals surface area (Å²) in [5, 5.41) is 0.514. The van der Waals surface area contributed by atoms with Gasteiger partial charge in [-0.05, 0) is 24.5 Å². The third-order valence-corrected chi connectivity index (χ3v) is 3.69. The minimum Gasteiger partial charge on any atom is -0.338 e. The molecule has 2 rings (SSSR count). The van der Waals surface area contributed by atoms with Crippen LogP contribution in [0.5, 0.6) is 0 Å². The molecule has 5 heteroatoms. The third-order valence-electron chi connectivity index (χ3n) is 3.36. The van der Waals surface area contributed by atoms with Crippen molar-refractivity contribution in [2.45, 2.75) is 19.4 Å². The van der Waals surface area contributed by atoms with E-state index in [9.17, 15) is 4.79 Å². The van der Waals surface area contributed by atoms with Crippen LogP contribution in [0.25, 0.3) is 0 Å². The van der Waals surface area contributed by atoms with Crippen LogP contribution >= 0.6 is 24.0 Å². The number of hydrogen-bond donors (Lipinski definition) is 1. The molecule has 2 atom stereocenters. The number of hydrogen-bond acceptors (Lipinski definition) is 2. The minimum absolute atomic E-state index is 0. The molecule has 100 valence electrons. The fraction of sp³-hybridized carbons (Fsp3) is 0.462. The fourth-order valence-electron chi connectivity index (χ4n) is 2.15. The van der Waals surface area contributed by atoms with Crippen molar-refractivity contribution in [2.75, 3.05) is 13.1 Å². The van der Waals surface area contributed by atoms with E-state index in [-0.39, 0.29) is 24.4 Å². The Morgan fingerprint density at radius 2 is 2.11 bits per heavy atom. The van der Waals surface area contributed by atoms with Crippen molar-refractivity contribution in [2.24, 2.45) is 11.7 Å². The average Bonchev–Trinajstić information content (AvgIpc) is 2.32. The fourth-order valence-corrected chi connectivity index (χ4v) is 2.37. The quantitative estimate of drug-likeness (QED) is 0.863. The maximum Gasteiger partial charge on any atom is 0.255 e. The molecule has 18 heavy (non-hydrogen) atoms. The van der Waals surface area contributed by atoms with Gasteiger partial charge in [0.15, 0.2) is 0 Å². The third kappa shape index (κ3) is 3.16. The van der Waals surface area contributed by atoms with Crippen LogP contribution in [0.1, 0.15) is 23.7 Å². The molecular formula is C13H18Cl2N2O. The van der Waals surface area contributed by atoms with E-state index in [1.807, 2.05) is 17.0 Å². The first-order valence-corrected chi connectivity index (χ1v) is 6.26. The summed E-state index contributed by atoms with van der Waals surface area (Å²) in [4.78, 5) is 14.1. The normalized spacial score (nSPS) is 23.4. The molecule has 0 saturated carbocycles. The van der Waals surface area contributed by atoms with E-state index < -0.39 is 0 Å². The van der Waals surface area contributed by atoms with Crippen LogP contribution in [0.4, 0.5) is 0 Å². The van der Waals surface area contributed by atoms with E-state index in [2.05, 4.69) is 6.92 Å². The number of nitrogens with two attached hydrogens (primary N) is 1. The second-order valence-corrected chi connectivity index (χ2v) is 5.07. The molecule has 1 fully saturated rings. The number of likely N-dealkylation sites (tertiary alicyclic amines) is 1. The van der Waals surface area contributed by atoms with Crippen molar-refractivity contribution >= 4 is 29.9 Å². The summed E-state index contributed by atoms with van der Waals surface area (Å²) in [6, 6.07) is 7.37. The predicted molar refractivity (Wildman–Crippen MR) is 76.4 cm³/mol. The van der Waals surface area contributed by atoms with Crippen molar-refractivity contribution in [3.05, 3.63) is 34.9 Å². The SMILES string of the molecule is CC1CN(C(=O)c2ccccc2Cl)CCC1N.Cl. The molecule has 0 radical (unpaired) electrons. The van der Waals surface area contributed by atoms with Crippen LogP contribution in [0.15, 0.2) is 24.3 Å². The molecule has 0 spiro atoms. The Bertz CT molecular complexity index is 425. The molecule has 0 aliphatic carbocycles. The van der Waals surface area contributed by atoms with Gasteiger partial charge in [0.2, 0.25) is 0 Å². The number of benzene rings is 1. The van der Waals surface area contributed by atoms with Gasteiger partial charge in [0.1, 0.15) is 0 Å². The Morgan fingerprint density at radius 1 is 1.44 bits per heavy atom. The highest BCUT2D eigenvalue weighted by Crippen LogP contribution is 2.21. The van der Waals surface area contributed by atoms with E-state index in [4.69, 9.17) is 17.3 Å². The van der Waals surface area contributed by atoms with E-state index in [1.54, 1.807) is 12.1 Å². The topological polar surface area (TPSA) is 46.3 Å². The molecule has 2 unspecified atom stereocenters. The molecule has 2 N–H and O–H groups in total. The molecule has 1 aromatic rings. The highest BCUT2D eigenvalue weighted by molar-refractivity contribution is 6.33. The average molecular weight is 289 g/mol. The van der Waals surface area contributed by atoms with E-state index >= 15 is 0 Å². The first-order valence-electron chi connectivity index (χ1n) is 5.89. The molecule has 0 aromatic heterocycles. The molecule has 1 aliphatic rings. The van der Waals surface area contributed by atoms with Gasteiger partial charge in [0.05, 0.1) is 10.6 Å². The van der Waals surface area contributed by atoms with Crippen molar-refractivity contribution in [3.63, 3.8) is 0 Å². The first-order chi connectivity index (χ1) is 8.09. The van der Waals surface area contributed by atoms with Gasteiger partial charge in [-0.1, -0.05) is 30.7 Å². The lowest BCUT2D eigenvalue weighted by atomic mass is 9.94. The lowest BCUT2D eigenvalue weighted by molar-refractivity contribution is 0.0664. The van der Waals surface area contributed by atoms with Crippen LogP contribution in [0.3, 0.4) is 0 Å². The Labute approximate surface area is 119 Å². The van der Waals surface area contributed by atoms with Gasteiger partial charge < -0.3 is 10.6 Å². The summed E-state index contributed by atoms with van der Waals surface area (Å²) in [6.07, 6.45) is 0.858. The summed E-state index contributed by atoms with van der Waals surface area (Å²) in [6.45, 7) is 3.51. The highest BCUT2D eigenvalue weighted by atomic mass is 35.5. The number of amides is 1. The van der Waals surface area contributed by atoms with Crippen LogP contribution in [0, 0.1) is 5.92 Å². The minimum atomic E-state index is 0. The van der Waals surface area contributed by atoms with Gasteiger partial charge in [-0.25, -0.2) is 0 Å². The second-order valence-electron chi connectivity index (χ2n) is 4.66. The Kier molecular flexibility index (Phi) is 5.45. The number of rotatable bonds is 1. The smallest absolute Gasteiger partial charge is 0.255 e. The van der Waals surface area contributed by atoms with E-state index in [0.717, 1.165) is 13.0 Å². The maximum atomic E-state index is 12.3. The molecule has 0 bridgehead atoms. The molecular weight excluding hydrogens is 271 g/mol. The van der Waals surface area contributed by atoms with Crippen LogP contribution in [-0.4, -0.2) is 29.9 Å². The summed E-state index contributed by atoms with van der Waals surface area (Å²) in [7, 11) is 0. The van der Waals surface area contributed by atoms with Crippen molar-refractivity contribution in [1.82, 2.24) is 4.90 Å². The first kappa shape index (κ1) is 15.3. The zero-order chi connectivity index (χ0) is 12.4. The number of piperidine rings is 1. The maximum absolute atomic E-state index is 12.3. The molecule has 1 aromatic carbocycles. The summed E-state index contributed by atoms with van der Waals surface area (Å²) in [5.41, 5.74) is 6.53. The van der Waals surface area contributed by atoms with Crippen molar-refractivity contribution in [3.8, 4) is 0 Å². The molecule has 1 aliphatic heterocycles. The highest BCUT2D eigenvalue weighted by Gasteiger charge is 2.27. The van der Waals surface area contributed by atoms with Gasteiger partial charge in [0, 0.05) is 19.1 Å². The monoisotopic (exact) mass is 288 g/mol. The summed E-state index contributed by atoms with van der Waals surface area (Å²) < 4.78 is 0. The number of carbonyl (C=O) groups is 1. The zero-order valence-electron chi connectivity index (χ0n) is 10.3. The van der Waals surface area contributed by atoms with Gasteiger partial charge >= 0.3 is 0 Å². The Morgan fingerprint density at radius 3 is 2.72 bits per heavy atom. The predicted octanol–water partition coefficient (Wildman–Crippen LogP) is 2.57. The molecule has 3 nitrogen and oxygen atoms in total. The van der Waals surface area contributed by atoms with Crippen LogP contribution < -0.4 is 5.73 Å². The lowest BCUT2D eigenvalue weighted by Crippen LogP contribution is -2.48. The van der Waals surface area contributed by atoms with Gasteiger partial charge in [-0.15, -0.1) is 12.4 Å². The van der Waals surface area contributed by atoms with E-state index in [1.165, 1.54) is 0 Å². The number of carbonyl (C=O) groups excluding carboxylic acids is 1. The second kappa shape index (κ2) is 6.41. The Hall–Kier alpha value is -0.770. The van der Waals surface area contributed by atoms with Crippen molar-refractivity contribution < 1.29 is 4.79 Å². The molecule has 1 heterocycles. The zero-order valence-corrected chi connectivity index (χ0v) is 11.9. The van der Waals surface area contributed by atoms with Crippen LogP contribution in [0.2, 0.25) is 5.02 Å². The lowest BCUT2D eigenvalue weighted by Gasteiger charge is -2.35.